The molecule has 1 aromatic heterocycles. The fourth-order valence-corrected chi connectivity index (χ4v) is 4.87. The van der Waals surface area contributed by atoms with E-state index in [1.165, 1.54) is 11.3 Å². The number of carbonyl (C=O) groups excluding carboxylic acids is 1. The molecule has 170 valence electrons. The average Bonchev–Trinajstić information content (AvgIpc) is 3.07. The molecule has 4 rings (SSSR count). The smallest absolute Gasteiger partial charge is 0.338 e. The van der Waals surface area contributed by atoms with Crippen LogP contribution in [0, 0.1) is 0 Å². The van der Waals surface area contributed by atoms with Crippen LogP contribution in [-0.2, 0) is 9.53 Å². The van der Waals surface area contributed by atoms with Crippen molar-refractivity contribution in [3.05, 3.63) is 90.6 Å². The number of benzene rings is 2. The topological polar surface area (TPSA) is 84.1 Å². The van der Waals surface area contributed by atoms with Crippen molar-refractivity contribution >= 4 is 29.1 Å². The maximum absolute atomic E-state index is 13.5. The summed E-state index contributed by atoms with van der Waals surface area (Å²) in [7, 11) is 3.90. The second-order valence-corrected chi connectivity index (χ2v) is 8.89. The lowest BCUT2D eigenvalue weighted by atomic mass is 9.95. The fraction of sp³-hybridized carbons (Fsp3) is 0.240. The van der Waals surface area contributed by atoms with E-state index in [1.54, 1.807) is 42.7 Å². The summed E-state index contributed by atoms with van der Waals surface area (Å²) in [5.41, 5.74) is 3.13. The van der Waals surface area contributed by atoms with Gasteiger partial charge in [0, 0.05) is 19.8 Å². The van der Waals surface area contributed by atoms with E-state index in [4.69, 9.17) is 4.74 Å². The van der Waals surface area contributed by atoms with E-state index >= 15 is 0 Å². The lowest BCUT2D eigenvalue weighted by Gasteiger charge is -2.25. The summed E-state index contributed by atoms with van der Waals surface area (Å²) in [6, 6.07) is 13.8. The Kier molecular flexibility index (Phi) is 6.20. The lowest BCUT2D eigenvalue weighted by molar-refractivity contribution is -0.139. The predicted molar refractivity (Wildman–Crippen MR) is 129 cm³/mol. The molecule has 1 aliphatic rings. The molecule has 0 radical (unpaired) electrons. The number of phenols is 1. The summed E-state index contributed by atoms with van der Waals surface area (Å²) in [6.07, 6.45) is 1.72. The van der Waals surface area contributed by atoms with Crippen molar-refractivity contribution in [3.63, 3.8) is 0 Å². The predicted octanol–water partition coefficient (Wildman–Crippen LogP) is 2.57. The first-order valence-electron chi connectivity index (χ1n) is 10.6. The number of anilines is 1. The summed E-state index contributed by atoms with van der Waals surface area (Å²) >= 11 is 1.25. The number of aromatic hydroxyl groups is 1. The number of ether oxygens (including phenoxy) is 1. The largest absolute Gasteiger partial charge is 0.508 e. The zero-order chi connectivity index (χ0) is 23.7. The number of nitrogens with zero attached hydrogens (tertiary/aromatic N) is 3. The van der Waals surface area contributed by atoms with Crippen molar-refractivity contribution in [1.29, 1.82) is 0 Å². The summed E-state index contributed by atoms with van der Waals surface area (Å²) in [6.45, 7) is 3.74. The molecule has 0 unspecified atom stereocenters. The highest BCUT2D eigenvalue weighted by Crippen LogP contribution is 2.31. The molecule has 2 aromatic carbocycles. The number of hydrogen-bond acceptors (Lipinski definition) is 7. The number of rotatable bonds is 5. The molecule has 3 aromatic rings. The average molecular weight is 464 g/mol. The Labute approximate surface area is 195 Å². The van der Waals surface area contributed by atoms with Gasteiger partial charge in [-0.05, 0) is 55.3 Å². The third kappa shape index (κ3) is 4.34. The van der Waals surface area contributed by atoms with Crippen LogP contribution in [0.1, 0.15) is 31.0 Å². The monoisotopic (exact) mass is 463 g/mol. The molecule has 1 N–H and O–H groups in total. The molecule has 0 bridgehead atoms. The first-order valence-corrected chi connectivity index (χ1v) is 11.4. The van der Waals surface area contributed by atoms with E-state index in [-0.39, 0.29) is 17.9 Å². The normalized spacial score (nSPS) is 15.8. The van der Waals surface area contributed by atoms with Gasteiger partial charge in [0.2, 0.25) is 0 Å². The van der Waals surface area contributed by atoms with E-state index in [1.807, 2.05) is 49.3 Å². The molecule has 0 spiro atoms. The Bertz CT molecular complexity index is 1420. The molecule has 0 amide bonds. The first-order chi connectivity index (χ1) is 15.8. The Balaban J connectivity index is 1.94. The van der Waals surface area contributed by atoms with Crippen LogP contribution in [0.5, 0.6) is 5.75 Å². The van der Waals surface area contributed by atoms with Crippen molar-refractivity contribution in [2.45, 2.75) is 19.9 Å². The molecule has 0 saturated heterocycles. The molecule has 0 fully saturated rings. The Morgan fingerprint density at radius 2 is 1.97 bits per heavy atom. The van der Waals surface area contributed by atoms with Gasteiger partial charge in [-0.2, -0.15) is 0 Å². The van der Waals surface area contributed by atoms with Gasteiger partial charge in [0.05, 0.1) is 28.5 Å². The number of phenolic OH excluding ortho intramolecular Hbond substituents is 1. The third-order valence-electron chi connectivity index (χ3n) is 5.41. The zero-order valence-electron chi connectivity index (χ0n) is 18.9. The Morgan fingerprint density at radius 3 is 2.61 bits per heavy atom. The third-order valence-corrected chi connectivity index (χ3v) is 6.39. The van der Waals surface area contributed by atoms with Crippen LogP contribution in [0.15, 0.2) is 69.6 Å². The van der Waals surface area contributed by atoms with Crippen LogP contribution in [-0.4, -0.2) is 36.3 Å². The van der Waals surface area contributed by atoms with E-state index in [0.717, 1.165) is 11.3 Å². The standard InChI is InChI=1S/C25H25N3O4S/c1-5-32-24(31)21-15(2)26-25-28(22(21)17-9-11-18(12-10-17)27(3)4)23(30)20(33-25)14-16-7-6-8-19(29)13-16/h6-14,22,29H,5H2,1-4H3/b20-14+/t22-/m1/s1. The van der Waals surface area contributed by atoms with Gasteiger partial charge in [0.15, 0.2) is 4.80 Å². The maximum Gasteiger partial charge on any atom is 0.338 e. The molecule has 7 nitrogen and oxygen atoms in total. The van der Waals surface area contributed by atoms with E-state index in [0.29, 0.717) is 26.2 Å². The Hall–Kier alpha value is -3.65. The lowest BCUT2D eigenvalue weighted by Crippen LogP contribution is -2.39. The van der Waals surface area contributed by atoms with E-state index < -0.39 is 12.0 Å². The molecule has 1 atom stereocenters. The number of carbonyl (C=O) groups is 1. The number of thiazole rings is 1. The first kappa shape index (κ1) is 22.5. The van der Waals surface area contributed by atoms with Gasteiger partial charge in [-0.3, -0.25) is 9.36 Å². The molecule has 8 heteroatoms. The summed E-state index contributed by atoms with van der Waals surface area (Å²) < 4.78 is 7.35. The second kappa shape index (κ2) is 9.07. The van der Waals surface area contributed by atoms with Crippen molar-refractivity contribution in [2.24, 2.45) is 4.99 Å². The number of aromatic nitrogens is 1. The number of allylic oxidation sites excluding steroid dienone is 1. The maximum atomic E-state index is 13.5. The minimum Gasteiger partial charge on any atom is -0.508 e. The number of hydrogen-bond donors (Lipinski definition) is 1. The quantitative estimate of drug-likeness (QED) is 0.588. The molecule has 33 heavy (non-hydrogen) atoms. The van der Waals surface area contributed by atoms with Crippen LogP contribution in [0.4, 0.5) is 5.69 Å². The van der Waals surface area contributed by atoms with Crippen molar-refractivity contribution in [3.8, 4) is 5.75 Å². The minimum absolute atomic E-state index is 0.121. The molecular formula is C25H25N3O4S. The van der Waals surface area contributed by atoms with Crippen LogP contribution in [0.2, 0.25) is 0 Å². The van der Waals surface area contributed by atoms with Gasteiger partial charge in [-0.15, -0.1) is 0 Å². The second-order valence-electron chi connectivity index (χ2n) is 7.88. The van der Waals surface area contributed by atoms with Gasteiger partial charge in [0.1, 0.15) is 5.75 Å². The van der Waals surface area contributed by atoms with Crippen molar-refractivity contribution in [1.82, 2.24) is 4.57 Å². The summed E-state index contributed by atoms with van der Waals surface area (Å²) in [4.78, 5) is 33.5. The van der Waals surface area contributed by atoms with Gasteiger partial charge >= 0.3 is 5.97 Å². The molecule has 0 saturated carbocycles. The van der Waals surface area contributed by atoms with Gasteiger partial charge in [-0.25, -0.2) is 9.79 Å². The van der Waals surface area contributed by atoms with Crippen LogP contribution in [0.3, 0.4) is 0 Å². The van der Waals surface area contributed by atoms with Crippen molar-refractivity contribution in [2.75, 3.05) is 25.6 Å². The SMILES string of the molecule is CCOC(=O)C1=C(C)N=c2s/c(=C/c3cccc(O)c3)c(=O)n2[C@@H]1c1ccc(N(C)C)cc1. The van der Waals surface area contributed by atoms with E-state index in [2.05, 4.69) is 4.99 Å². The highest BCUT2D eigenvalue weighted by Gasteiger charge is 2.33. The van der Waals surface area contributed by atoms with Gasteiger partial charge in [-0.1, -0.05) is 35.6 Å². The number of esters is 1. The van der Waals surface area contributed by atoms with Gasteiger partial charge < -0.3 is 14.7 Å². The van der Waals surface area contributed by atoms with Crippen LogP contribution in [0.25, 0.3) is 6.08 Å². The highest BCUT2D eigenvalue weighted by molar-refractivity contribution is 7.07. The molecule has 0 aliphatic carbocycles. The van der Waals surface area contributed by atoms with Crippen LogP contribution < -0.4 is 19.8 Å². The minimum atomic E-state index is -0.650. The Morgan fingerprint density at radius 1 is 1.24 bits per heavy atom. The van der Waals surface area contributed by atoms with Crippen LogP contribution >= 0.6 is 11.3 Å². The summed E-state index contributed by atoms with van der Waals surface area (Å²) in [5.74, 6) is -0.362. The fourth-order valence-electron chi connectivity index (χ4n) is 3.83. The highest BCUT2D eigenvalue weighted by atomic mass is 32.1. The zero-order valence-corrected chi connectivity index (χ0v) is 19.7. The molecule has 1 aliphatic heterocycles. The molecular weight excluding hydrogens is 438 g/mol. The summed E-state index contributed by atoms with van der Waals surface area (Å²) in [5, 5.41) is 9.78. The van der Waals surface area contributed by atoms with Gasteiger partial charge in [0.25, 0.3) is 5.56 Å². The van der Waals surface area contributed by atoms with Crippen molar-refractivity contribution < 1.29 is 14.6 Å². The van der Waals surface area contributed by atoms with E-state index in [9.17, 15) is 14.7 Å². The number of fused-ring (bicyclic) bond motifs is 1. The molecule has 2 heterocycles.